The molecule has 0 atom stereocenters. The van der Waals surface area contributed by atoms with Crippen molar-refractivity contribution < 1.29 is 4.79 Å². The Balaban J connectivity index is 1.53. The van der Waals surface area contributed by atoms with Gasteiger partial charge in [-0.25, -0.2) is 0 Å². The summed E-state index contributed by atoms with van der Waals surface area (Å²) in [6, 6.07) is 9.99. The van der Waals surface area contributed by atoms with Gasteiger partial charge in [0.25, 0.3) is 5.56 Å². The second-order valence-corrected chi connectivity index (χ2v) is 9.33. The van der Waals surface area contributed by atoms with Gasteiger partial charge in [-0.2, -0.15) is 4.68 Å². The van der Waals surface area contributed by atoms with Crippen molar-refractivity contribution in [3.63, 3.8) is 0 Å². The first-order valence-corrected chi connectivity index (χ1v) is 11.7. The first-order chi connectivity index (χ1) is 13.6. The van der Waals surface area contributed by atoms with E-state index >= 15 is 0 Å². The third-order valence-corrected chi connectivity index (χ3v) is 7.34. The number of benzene rings is 1. The molecule has 1 aliphatic rings. The van der Waals surface area contributed by atoms with Gasteiger partial charge < -0.3 is 4.98 Å². The number of aromatic amines is 1. The van der Waals surface area contributed by atoms with Gasteiger partial charge in [0.15, 0.2) is 0 Å². The van der Waals surface area contributed by atoms with E-state index in [1.807, 2.05) is 30.3 Å². The van der Waals surface area contributed by atoms with E-state index in [0.29, 0.717) is 5.39 Å². The van der Waals surface area contributed by atoms with Crippen molar-refractivity contribution in [1.82, 2.24) is 9.66 Å². The summed E-state index contributed by atoms with van der Waals surface area (Å²) in [5.74, 6) is 0.770. The summed E-state index contributed by atoms with van der Waals surface area (Å²) >= 11 is 8.47. The standard InChI is InChI=1S/C20H21N3O2S3/c24-16(12-27-11-13-7-3-1-4-8-13)22-23-19(25)17-14-9-5-2-6-10-15(14)28-18(17)21-20(23)26/h1,3-4,7-8H,2,5-6,9-12H2,(H,21,26)(H,22,24). The Hall–Kier alpha value is -1.90. The molecule has 3 aromatic rings. The van der Waals surface area contributed by atoms with Gasteiger partial charge in [0.1, 0.15) is 4.83 Å². The average molecular weight is 432 g/mol. The summed E-state index contributed by atoms with van der Waals surface area (Å²) < 4.78 is 1.43. The first-order valence-electron chi connectivity index (χ1n) is 9.34. The lowest BCUT2D eigenvalue weighted by Gasteiger charge is -2.09. The van der Waals surface area contributed by atoms with Gasteiger partial charge in [-0.15, -0.1) is 23.1 Å². The molecule has 0 saturated heterocycles. The zero-order valence-corrected chi connectivity index (χ0v) is 17.8. The fraction of sp³-hybridized carbons (Fsp3) is 0.350. The van der Waals surface area contributed by atoms with E-state index in [9.17, 15) is 9.59 Å². The van der Waals surface area contributed by atoms with Gasteiger partial charge in [-0.05, 0) is 49.0 Å². The fourth-order valence-electron chi connectivity index (χ4n) is 3.51. The molecule has 2 aromatic heterocycles. The Morgan fingerprint density at radius 1 is 1.21 bits per heavy atom. The van der Waals surface area contributed by atoms with Gasteiger partial charge in [0.05, 0.1) is 11.1 Å². The molecule has 0 fully saturated rings. The van der Waals surface area contributed by atoms with Gasteiger partial charge in [0.2, 0.25) is 10.7 Å². The summed E-state index contributed by atoms with van der Waals surface area (Å²) in [4.78, 5) is 30.7. The second kappa shape index (κ2) is 8.63. The molecule has 0 aliphatic heterocycles. The van der Waals surface area contributed by atoms with Gasteiger partial charge in [0, 0.05) is 10.6 Å². The largest absolute Gasteiger partial charge is 0.322 e. The molecular formula is C20H21N3O2S3. The van der Waals surface area contributed by atoms with Crippen LogP contribution in [0.2, 0.25) is 0 Å². The van der Waals surface area contributed by atoms with E-state index in [0.717, 1.165) is 47.4 Å². The van der Waals surface area contributed by atoms with E-state index in [1.54, 1.807) is 11.3 Å². The number of nitrogens with zero attached hydrogens (tertiary/aromatic N) is 1. The van der Waals surface area contributed by atoms with Crippen LogP contribution in [-0.4, -0.2) is 21.3 Å². The molecule has 1 amide bonds. The van der Waals surface area contributed by atoms with Crippen molar-refractivity contribution in [2.24, 2.45) is 0 Å². The minimum Gasteiger partial charge on any atom is -0.322 e. The van der Waals surface area contributed by atoms with Crippen LogP contribution in [0.5, 0.6) is 0 Å². The SMILES string of the molecule is O=C(CSCc1ccccc1)Nn1c(=S)[nH]c2sc3c(c2c1=O)CCCCC3. The van der Waals surface area contributed by atoms with E-state index < -0.39 is 0 Å². The predicted octanol–water partition coefficient (Wildman–Crippen LogP) is 4.39. The molecule has 0 saturated carbocycles. The van der Waals surface area contributed by atoms with Crippen LogP contribution in [-0.2, 0) is 23.4 Å². The monoisotopic (exact) mass is 431 g/mol. The van der Waals surface area contributed by atoms with Crippen molar-refractivity contribution in [3.8, 4) is 0 Å². The molecule has 2 heterocycles. The summed E-state index contributed by atoms with van der Waals surface area (Å²) in [6.07, 6.45) is 5.36. The van der Waals surface area contributed by atoms with Gasteiger partial charge >= 0.3 is 0 Å². The maximum atomic E-state index is 13.1. The van der Waals surface area contributed by atoms with Gasteiger partial charge in [-0.1, -0.05) is 36.8 Å². The van der Waals surface area contributed by atoms with Crippen LogP contribution in [0.3, 0.4) is 0 Å². The average Bonchev–Trinajstić information content (AvgIpc) is 2.87. The van der Waals surface area contributed by atoms with Crippen LogP contribution in [0.15, 0.2) is 35.1 Å². The molecule has 0 radical (unpaired) electrons. The van der Waals surface area contributed by atoms with Crippen LogP contribution >= 0.6 is 35.3 Å². The Bertz CT molecular complexity index is 1120. The number of amides is 1. The van der Waals surface area contributed by atoms with Crippen LogP contribution < -0.4 is 11.0 Å². The lowest BCUT2D eigenvalue weighted by Crippen LogP contribution is -2.35. The third kappa shape index (κ3) is 4.09. The van der Waals surface area contributed by atoms with Gasteiger partial charge in [-0.3, -0.25) is 15.0 Å². The van der Waals surface area contributed by atoms with Crippen molar-refractivity contribution in [1.29, 1.82) is 0 Å². The highest BCUT2D eigenvalue weighted by molar-refractivity contribution is 7.99. The smallest absolute Gasteiger partial charge is 0.282 e. The number of H-pyrrole nitrogens is 1. The molecule has 0 bridgehead atoms. The number of rotatable bonds is 5. The van der Waals surface area contributed by atoms with E-state index in [-0.39, 0.29) is 22.0 Å². The minimum atomic E-state index is -0.233. The Morgan fingerprint density at radius 3 is 2.82 bits per heavy atom. The summed E-state index contributed by atoms with van der Waals surface area (Å²) in [5, 5.41) is 0.688. The number of aryl methyl sites for hydroxylation is 2. The summed E-state index contributed by atoms with van der Waals surface area (Å²) in [5.41, 5.74) is 4.76. The number of fused-ring (bicyclic) bond motifs is 3. The number of carbonyl (C=O) groups excluding carboxylic acids is 1. The Morgan fingerprint density at radius 2 is 2.00 bits per heavy atom. The van der Waals surface area contributed by atoms with Crippen molar-refractivity contribution in [2.75, 3.05) is 11.2 Å². The molecule has 1 aliphatic carbocycles. The number of carbonyl (C=O) groups is 1. The van der Waals surface area contributed by atoms with Crippen LogP contribution in [0.4, 0.5) is 0 Å². The lowest BCUT2D eigenvalue weighted by molar-refractivity contribution is -0.114. The summed E-state index contributed by atoms with van der Waals surface area (Å²) in [6.45, 7) is 0. The third-order valence-electron chi connectivity index (χ3n) is 4.84. The molecule has 0 unspecified atom stereocenters. The lowest BCUT2D eigenvalue weighted by atomic mass is 10.1. The number of nitrogens with one attached hydrogen (secondary N) is 2. The maximum Gasteiger partial charge on any atom is 0.282 e. The maximum absolute atomic E-state index is 13.1. The molecule has 4 rings (SSSR count). The molecule has 2 N–H and O–H groups in total. The fourth-order valence-corrected chi connectivity index (χ4v) is 5.86. The van der Waals surface area contributed by atoms with E-state index in [4.69, 9.17) is 12.2 Å². The number of thioether (sulfide) groups is 1. The van der Waals surface area contributed by atoms with Crippen LogP contribution in [0, 0.1) is 4.77 Å². The molecule has 28 heavy (non-hydrogen) atoms. The zero-order chi connectivity index (χ0) is 19.5. The Kier molecular flexibility index (Phi) is 5.99. The van der Waals surface area contributed by atoms with Crippen molar-refractivity contribution in [3.05, 3.63) is 61.5 Å². The normalized spacial score (nSPS) is 13.9. The molecular weight excluding hydrogens is 410 g/mol. The van der Waals surface area contributed by atoms with Crippen LogP contribution in [0.25, 0.3) is 10.2 Å². The predicted molar refractivity (Wildman–Crippen MR) is 120 cm³/mol. The van der Waals surface area contributed by atoms with Crippen molar-refractivity contribution in [2.45, 2.75) is 37.9 Å². The number of hydrogen-bond acceptors (Lipinski definition) is 5. The number of hydrogen-bond donors (Lipinski definition) is 2. The zero-order valence-electron chi connectivity index (χ0n) is 15.3. The minimum absolute atomic E-state index is 0.223. The van der Waals surface area contributed by atoms with E-state index in [1.165, 1.54) is 27.7 Å². The first kappa shape index (κ1) is 19.4. The molecule has 5 nitrogen and oxygen atoms in total. The van der Waals surface area contributed by atoms with Crippen LogP contribution in [0.1, 0.15) is 35.3 Å². The van der Waals surface area contributed by atoms with Crippen molar-refractivity contribution >= 4 is 51.4 Å². The highest BCUT2D eigenvalue weighted by Gasteiger charge is 2.20. The molecule has 146 valence electrons. The number of thiophene rings is 1. The second-order valence-electron chi connectivity index (χ2n) is 6.85. The number of aromatic nitrogens is 2. The highest BCUT2D eigenvalue weighted by atomic mass is 32.2. The summed E-state index contributed by atoms with van der Waals surface area (Å²) in [7, 11) is 0. The quantitative estimate of drug-likeness (QED) is 0.464. The molecule has 1 aromatic carbocycles. The molecule has 8 heteroatoms. The topological polar surface area (TPSA) is 66.9 Å². The Labute approximate surface area is 176 Å². The molecule has 0 spiro atoms. The highest BCUT2D eigenvalue weighted by Crippen LogP contribution is 2.32. The van der Waals surface area contributed by atoms with E-state index in [2.05, 4.69) is 10.4 Å².